The van der Waals surface area contributed by atoms with Crippen LogP contribution in [0.2, 0.25) is 0 Å². The van der Waals surface area contributed by atoms with E-state index in [-0.39, 0.29) is 0 Å². The van der Waals surface area contributed by atoms with E-state index < -0.39 is 0 Å². The Hall–Kier alpha value is 0. The maximum atomic E-state index is 2.46. The van der Waals surface area contributed by atoms with Crippen molar-refractivity contribution in [1.82, 2.24) is 0 Å². The Balaban J connectivity index is 1.71. The minimum atomic E-state index is 0.740. The topological polar surface area (TPSA) is 0 Å². The molecular weight excluding hydrogens is 276 g/mol. The molecule has 0 bridgehead atoms. The van der Waals surface area contributed by atoms with Crippen LogP contribution >= 0.6 is 0 Å². The minimum absolute atomic E-state index is 0.740. The molecule has 0 heterocycles. The summed E-state index contributed by atoms with van der Waals surface area (Å²) in [4.78, 5) is 0. The molecule has 0 aromatic rings. The Bertz CT molecular complexity index is 289. The lowest BCUT2D eigenvalue weighted by Crippen LogP contribution is -2.31. The Morgan fingerprint density at radius 2 is 1.30 bits per heavy atom. The predicted octanol–water partition coefficient (Wildman–Crippen LogP) is 8.15. The second kappa shape index (κ2) is 10.1. The van der Waals surface area contributed by atoms with Gasteiger partial charge in [-0.25, -0.2) is 0 Å². The summed E-state index contributed by atoms with van der Waals surface area (Å²) < 4.78 is 0. The van der Waals surface area contributed by atoms with Crippen molar-refractivity contribution in [3.05, 3.63) is 0 Å². The van der Waals surface area contributed by atoms with Crippen molar-refractivity contribution in [3.8, 4) is 0 Å². The molecule has 0 unspecified atom stereocenters. The van der Waals surface area contributed by atoms with Crippen LogP contribution in [0.5, 0.6) is 0 Å². The molecule has 2 aliphatic carbocycles. The molecule has 2 aliphatic rings. The Morgan fingerprint density at radius 3 is 1.87 bits per heavy atom. The fourth-order valence-electron chi connectivity index (χ4n) is 5.70. The highest BCUT2D eigenvalue weighted by Crippen LogP contribution is 2.49. The Morgan fingerprint density at radius 1 is 0.696 bits per heavy atom. The van der Waals surface area contributed by atoms with E-state index >= 15 is 0 Å². The summed E-state index contributed by atoms with van der Waals surface area (Å²) in [6.07, 6.45) is 24.1. The van der Waals surface area contributed by atoms with E-state index in [1.165, 1.54) is 51.4 Å². The minimum Gasteiger partial charge on any atom is -0.0654 e. The van der Waals surface area contributed by atoms with Gasteiger partial charge in [0.05, 0.1) is 0 Å². The first-order chi connectivity index (χ1) is 11.2. The molecule has 23 heavy (non-hydrogen) atoms. The van der Waals surface area contributed by atoms with Gasteiger partial charge in [0.25, 0.3) is 0 Å². The average Bonchev–Trinajstić information content (AvgIpc) is 2.61. The van der Waals surface area contributed by atoms with E-state index in [1.807, 2.05) is 0 Å². The van der Waals surface area contributed by atoms with Gasteiger partial charge in [0.2, 0.25) is 0 Å². The summed E-state index contributed by atoms with van der Waals surface area (Å²) in [5.41, 5.74) is 0.740. The van der Waals surface area contributed by atoms with Crippen LogP contribution < -0.4 is 0 Å². The molecule has 0 aromatic carbocycles. The third kappa shape index (κ3) is 5.79. The molecule has 0 saturated heterocycles. The zero-order valence-electron chi connectivity index (χ0n) is 16.5. The summed E-state index contributed by atoms with van der Waals surface area (Å²) in [7, 11) is 0. The van der Waals surface area contributed by atoms with E-state index in [0.29, 0.717) is 0 Å². The standard InChI is InChI=1S/C23H44/c1-4-7-9-17-23(6-3)18-15-22(16-19-23)21-13-11-20(12-14-21)10-8-5-2/h20-22H,4-19H2,1-3H3. The van der Waals surface area contributed by atoms with Gasteiger partial charge in [-0.15, -0.1) is 0 Å². The Kier molecular flexibility index (Phi) is 8.48. The van der Waals surface area contributed by atoms with Gasteiger partial charge in [0.15, 0.2) is 0 Å². The van der Waals surface area contributed by atoms with Crippen LogP contribution in [0.25, 0.3) is 0 Å². The van der Waals surface area contributed by atoms with Gasteiger partial charge in [0, 0.05) is 0 Å². The molecule has 0 atom stereocenters. The first-order valence-electron chi connectivity index (χ1n) is 11.2. The lowest BCUT2D eigenvalue weighted by Gasteiger charge is -2.44. The van der Waals surface area contributed by atoms with Gasteiger partial charge in [-0.1, -0.05) is 78.6 Å². The SMILES string of the molecule is CCCCCC1(CC)CCC(C2CCC(CCCC)CC2)CC1. The molecule has 0 aromatic heterocycles. The summed E-state index contributed by atoms with van der Waals surface area (Å²) in [5, 5.41) is 0. The van der Waals surface area contributed by atoms with Gasteiger partial charge in [-0.05, 0) is 68.1 Å². The van der Waals surface area contributed by atoms with Gasteiger partial charge < -0.3 is 0 Å². The van der Waals surface area contributed by atoms with Crippen LogP contribution in [0.4, 0.5) is 0 Å². The highest BCUT2D eigenvalue weighted by Gasteiger charge is 2.36. The maximum absolute atomic E-state index is 2.46. The van der Waals surface area contributed by atoms with Crippen molar-refractivity contribution in [2.75, 3.05) is 0 Å². The first kappa shape index (κ1) is 19.3. The highest BCUT2D eigenvalue weighted by atomic mass is 14.4. The van der Waals surface area contributed by atoms with Crippen LogP contribution in [0.1, 0.15) is 124 Å². The summed E-state index contributed by atoms with van der Waals surface area (Å²) in [6.45, 7) is 7.14. The molecule has 0 N–H and O–H groups in total. The fraction of sp³-hybridized carbons (Fsp3) is 1.00. The molecule has 0 heteroatoms. The monoisotopic (exact) mass is 320 g/mol. The van der Waals surface area contributed by atoms with Crippen molar-refractivity contribution < 1.29 is 0 Å². The van der Waals surface area contributed by atoms with Gasteiger partial charge in [-0.3, -0.25) is 0 Å². The molecule has 0 amide bonds. The van der Waals surface area contributed by atoms with Crippen LogP contribution in [0, 0.1) is 23.2 Å². The van der Waals surface area contributed by atoms with Crippen molar-refractivity contribution in [2.45, 2.75) is 124 Å². The van der Waals surface area contributed by atoms with Crippen LogP contribution in [-0.2, 0) is 0 Å². The van der Waals surface area contributed by atoms with Crippen LogP contribution in [-0.4, -0.2) is 0 Å². The first-order valence-corrected chi connectivity index (χ1v) is 11.2. The molecular formula is C23H44. The maximum Gasteiger partial charge on any atom is -0.0300 e. The molecule has 2 fully saturated rings. The summed E-state index contributed by atoms with van der Waals surface area (Å²) >= 11 is 0. The van der Waals surface area contributed by atoms with E-state index in [2.05, 4.69) is 20.8 Å². The molecule has 136 valence electrons. The molecule has 0 nitrogen and oxygen atoms in total. The van der Waals surface area contributed by atoms with Gasteiger partial charge in [0.1, 0.15) is 0 Å². The van der Waals surface area contributed by atoms with Gasteiger partial charge >= 0.3 is 0 Å². The average molecular weight is 321 g/mol. The number of hydrogen-bond acceptors (Lipinski definition) is 0. The molecule has 2 rings (SSSR count). The normalized spacial score (nSPS) is 35.3. The van der Waals surface area contributed by atoms with Crippen LogP contribution in [0.3, 0.4) is 0 Å². The van der Waals surface area contributed by atoms with E-state index in [0.717, 1.165) is 23.2 Å². The lowest BCUT2D eigenvalue weighted by atomic mass is 9.62. The smallest absolute Gasteiger partial charge is 0.0300 e. The second-order valence-electron chi connectivity index (χ2n) is 9.07. The largest absolute Gasteiger partial charge is 0.0654 e. The van der Waals surface area contributed by atoms with E-state index in [1.54, 1.807) is 51.4 Å². The van der Waals surface area contributed by atoms with E-state index in [4.69, 9.17) is 0 Å². The number of rotatable bonds is 9. The Labute approximate surface area is 147 Å². The molecule has 0 radical (unpaired) electrons. The fourth-order valence-corrected chi connectivity index (χ4v) is 5.70. The second-order valence-corrected chi connectivity index (χ2v) is 9.07. The van der Waals surface area contributed by atoms with Crippen molar-refractivity contribution in [2.24, 2.45) is 23.2 Å². The summed E-state index contributed by atoms with van der Waals surface area (Å²) in [5.74, 6) is 3.27. The van der Waals surface area contributed by atoms with Gasteiger partial charge in [-0.2, -0.15) is 0 Å². The van der Waals surface area contributed by atoms with Crippen LogP contribution in [0.15, 0.2) is 0 Å². The molecule has 2 saturated carbocycles. The zero-order valence-corrected chi connectivity index (χ0v) is 16.5. The number of unbranched alkanes of at least 4 members (excludes halogenated alkanes) is 3. The highest BCUT2D eigenvalue weighted by molar-refractivity contribution is 4.88. The summed E-state index contributed by atoms with van der Waals surface area (Å²) in [6, 6.07) is 0. The quantitative estimate of drug-likeness (QED) is 0.376. The van der Waals surface area contributed by atoms with Crippen molar-refractivity contribution >= 4 is 0 Å². The predicted molar refractivity (Wildman–Crippen MR) is 104 cm³/mol. The lowest BCUT2D eigenvalue weighted by molar-refractivity contribution is 0.0798. The molecule has 0 spiro atoms. The third-order valence-corrected chi connectivity index (χ3v) is 7.68. The van der Waals surface area contributed by atoms with Crippen molar-refractivity contribution in [3.63, 3.8) is 0 Å². The van der Waals surface area contributed by atoms with Crippen molar-refractivity contribution in [1.29, 1.82) is 0 Å². The third-order valence-electron chi connectivity index (χ3n) is 7.68. The van der Waals surface area contributed by atoms with E-state index in [9.17, 15) is 0 Å². The number of hydrogen-bond donors (Lipinski definition) is 0. The molecule has 0 aliphatic heterocycles. The zero-order chi connectivity index (χ0) is 16.5.